The van der Waals surface area contributed by atoms with E-state index < -0.39 is 10.8 Å². The first-order valence-electron chi connectivity index (χ1n) is 7.03. The fourth-order valence-corrected chi connectivity index (χ4v) is 4.35. The zero-order valence-electron chi connectivity index (χ0n) is 11.8. The standard InChI is InChI=1S/C13H23N3OS2/c1-3-5-14-10-12-11(4-2)15-13(18-12)16-6-8-19(17)9-7-16/h14H,3-10H2,1-2H3. The summed E-state index contributed by atoms with van der Waals surface area (Å²) in [5.74, 6) is 1.56. The largest absolute Gasteiger partial charge is 0.346 e. The molecule has 1 aliphatic rings. The van der Waals surface area contributed by atoms with Gasteiger partial charge in [0.2, 0.25) is 0 Å². The summed E-state index contributed by atoms with van der Waals surface area (Å²) in [6.45, 7) is 8.08. The third-order valence-electron chi connectivity index (χ3n) is 3.26. The van der Waals surface area contributed by atoms with Gasteiger partial charge in [0.05, 0.1) is 5.69 Å². The Labute approximate surface area is 122 Å². The average molecular weight is 301 g/mol. The van der Waals surface area contributed by atoms with Gasteiger partial charge in [-0.2, -0.15) is 0 Å². The van der Waals surface area contributed by atoms with Crippen LogP contribution in [0.5, 0.6) is 0 Å². The van der Waals surface area contributed by atoms with E-state index in [4.69, 9.17) is 4.98 Å². The van der Waals surface area contributed by atoms with Crippen molar-refractivity contribution in [3.05, 3.63) is 10.6 Å². The van der Waals surface area contributed by atoms with Gasteiger partial charge in [0.25, 0.3) is 0 Å². The van der Waals surface area contributed by atoms with E-state index in [-0.39, 0.29) is 0 Å². The first-order valence-corrected chi connectivity index (χ1v) is 9.34. The van der Waals surface area contributed by atoms with Crippen LogP contribution in [0, 0.1) is 0 Å². The Hall–Kier alpha value is -0.460. The van der Waals surface area contributed by atoms with Gasteiger partial charge in [-0.15, -0.1) is 11.3 Å². The van der Waals surface area contributed by atoms with Crippen LogP contribution < -0.4 is 10.2 Å². The fourth-order valence-electron chi connectivity index (χ4n) is 2.13. The van der Waals surface area contributed by atoms with Gasteiger partial charge in [-0.05, 0) is 19.4 Å². The van der Waals surface area contributed by atoms with Gasteiger partial charge < -0.3 is 10.2 Å². The molecule has 108 valence electrons. The van der Waals surface area contributed by atoms with Crippen molar-refractivity contribution >= 4 is 27.3 Å². The fraction of sp³-hybridized carbons (Fsp3) is 0.769. The molecule has 19 heavy (non-hydrogen) atoms. The van der Waals surface area contributed by atoms with E-state index in [2.05, 4.69) is 24.1 Å². The molecule has 0 amide bonds. The molecule has 4 nitrogen and oxygen atoms in total. The lowest BCUT2D eigenvalue weighted by Crippen LogP contribution is -2.37. The van der Waals surface area contributed by atoms with E-state index in [0.29, 0.717) is 0 Å². The molecule has 0 aliphatic carbocycles. The Kier molecular flexibility index (Phi) is 5.78. The highest BCUT2D eigenvalue weighted by atomic mass is 32.2. The highest BCUT2D eigenvalue weighted by molar-refractivity contribution is 7.85. The van der Waals surface area contributed by atoms with Gasteiger partial charge in [-0.25, -0.2) is 4.98 Å². The van der Waals surface area contributed by atoms with Crippen LogP contribution in [-0.2, 0) is 23.8 Å². The van der Waals surface area contributed by atoms with Gasteiger partial charge in [-0.1, -0.05) is 13.8 Å². The number of anilines is 1. The van der Waals surface area contributed by atoms with E-state index in [1.54, 1.807) is 11.3 Å². The highest BCUT2D eigenvalue weighted by Crippen LogP contribution is 2.27. The van der Waals surface area contributed by atoms with Gasteiger partial charge >= 0.3 is 0 Å². The van der Waals surface area contributed by atoms with Gasteiger partial charge in [0.1, 0.15) is 0 Å². The molecule has 1 fully saturated rings. The van der Waals surface area contributed by atoms with Crippen molar-refractivity contribution in [2.75, 3.05) is 36.0 Å². The summed E-state index contributed by atoms with van der Waals surface area (Å²) in [5.41, 5.74) is 1.22. The second kappa shape index (κ2) is 7.36. The number of nitrogens with one attached hydrogen (secondary N) is 1. The number of aryl methyl sites for hydroxylation is 1. The maximum Gasteiger partial charge on any atom is 0.185 e. The molecule has 0 radical (unpaired) electrons. The molecule has 2 heterocycles. The van der Waals surface area contributed by atoms with E-state index in [9.17, 15) is 4.21 Å². The summed E-state index contributed by atoms with van der Waals surface area (Å²) in [7, 11) is -0.618. The Morgan fingerprint density at radius 3 is 2.74 bits per heavy atom. The predicted octanol–water partition coefficient (Wildman–Crippen LogP) is 1.77. The SMILES string of the molecule is CCCNCc1sc(N2CCS(=O)CC2)nc1CC. The zero-order valence-corrected chi connectivity index (χ0v) is 13.4. The second-order valence-corrected chi connectivity index (χ2v) is 7.49. The normalized spacial score (nSPS) is 17.1. The highest BCUT2D eigenvalue weighted by Gasteiger charge is 2.19. The summed E-state index contributed by atoms with van der Waals surface area (Å²) in [4.78, 5) is 8.41. The number of aromatic nitrogens is 1. The van der Waals surface area contributed by atoms with E-state index in [1.165, 1.54) is 10.6 Å². The van der Waals surface area contributed by atoms with Crippen molar-refractivity contribution in [2.45, 2.75) is 33.2 Å². The van der Waals surface area contributed by atoms with Crippen molar-refractivity contribution < 1.29 is 4.21 Å². The van der Waals surface area contributed by atoms with E-state index in [0.717, 1.165) is 55.7 Å². The molecule has 0 saturated carbocycles. The summed E-state index contributed by atoms with van der Waals surface area (Å²) in [6.07, 6.45) is 2.14. The first-order chi connectivity index (χ1) is 9.24. The maximum absolute atomic E-state index is 11.4. The lowest BCUT2D eigenvalue weighted by atomic mass is 10.3. The molecule has 0 bridgehead atoms. The minimum Gasteiger partial charge on any atom is -0.346 e. The Bertz CT molecular complexity index is 424. The maximum atomic E-state index is 11.4. The number of rotatable bonds is 6. The molecule has 0 aromatic carbocycles. The minimum absolute atomic E-state index is 0.618. The second-order valence-electron chi connectivity index (χ2n) is 4.73. The Morgan fingerprint density at radius 1 is 1.37 bits per heavy atom. The van der Waals surface area contributed by atoms with Crippen molar-refractivity contribution in [1.29, 1.82) is 0 Å². The lowest BCUT2D eigenvalue weighted by Gasteiger charge is -2.25. The molecule has 6 heteroatoms. The molecule has 1 saturated heterocycles. The quantitative estimate of drug-likeness (QED) is 0.814. The smallest absolute Gasteiger partial charge is 0.185 e. The Morgan fingerprint density at radius 2 is 2.11 bits per heavy atom. The zero-order chi connectivity index (χ0) is 13.7. The van der Waals surface area contributed by atoms with Crippen LogP contribution in [0.4, 0.5) is 5.13 Å². The topological polar surface area (TPSA) is 45.2 Å². The van der Waals surface area contributed by atoms with Gasteiger partial charge in [0, 0.05) is 46.8 Å². The Balaban J connectivity index is 2.03. The molecular weight excluding hydrogens is 278 g/mol. The van der Waals surface area contributed by atoms with E-state index in [1.807, 2.05) is 0 Å². The summed E-state index contributed by atoms with van der Waals surface area (Å²) in [6, 6.07) is 0. The van der Waals surface area contributed by atoms with Crippen LogP contribution >= 0.6 is 11.3 Å². The summed E-state index contributed by atoms with van der Waals surface area (Å²) < 4.78 is 11.4. The summed E-state index contributed by atoms with van der Waals surface area (Å²) >= 11 is 1.80. The summed E-state index contributed by atoms with van der Waals surface area (Å²) in [5, 5.41) is 4.57. The van der Waals surface area contributed by atoms with Crippen molar-refractivity contribution in [3.63, 3.8) is 0 Å². The van der Waals surface area contributed by atoms with Crippen molar-refractivity contribution in [1.82, 2.24) is 10.3 Å². The molecule has 0 unspecified atom stereocenters. The average Bonchev–Trinajstić information content (AvgIpc) is 2.83. The third-order valence-corrected chi connectivity index (χ3v) is 5.70. The predicted molar refractivity (Wildman–Crippen MR) is 83.6 cm³/mol. The molecular formula is C13H23N3OS2. The third kappa shape index (κ3) is 4.00. The lowest BCUT2D eigenvalue weighted by molar-refractivity contribution is 0.672. The van der Waals surface area contributed by atoms with Crippen LogP contribution in [-0.4, -0.2) is 40.3 Å². The molecule has 2 rings (SSSR count). The molecule has 1 aromatic heterocycles. The van der Waals surface area contributed by atoms with Crippen LogP contribution in [0.25, 0.3) is 0 Å². The van der Waals surface area contributed by atoms with Crippen LogP contribution in [0.1, 0.15) is 30.8 Å². The number of hydrogen-bond donors (Lipinski definition) is 1. The number of hydrogen-bond acceptors (Lipinski definition) is 5. The van der Waals surface area contributed by atoms with Crippen LogP contribution in [0.3, 0.4) is 0 Å². The van der Waals surface area contributed by atoms with Crippen molar-refractivity contribution in [2.24, 2.45) is 0 Å². The number of thiazole rings is 1. The van der Waals surface area contributed by atoms with Crippen molar-refractivity contribution in [3.8, 4) is 0 Å². The van der Waals surface area contributed by atoms with Crippen LogP contribution in [0.2, 0.25) is 0 Å². The molecule has 1 N–H and O–H groups in total. The first kappa shape index (κ1) is 14.9. The number of nitrogens with zero attached hydrogens (tertiary/aromatic N) is 2. The van der Waals surface area contributed by atoms with E-state index >= 15 is 0 Å². The molecule has 1 aromatic rings. The molecule has 0 atom stereocenters. The van der Waals surface area contributed by atoms with Gasteiger partial charge in [-0.3, -0.25) is 4.21 Å². The monoisotopic (exact) mass is 301 g/mol. The molecule has 0 spiro atoms. The molecule has 1 aliphatic heterocycles. The van der Waals surface area contributed by atoms with Crippen LogP contribution in [0.15, 0.2) is 0 Å². The van der Waals surface area contributed by atoms with Gasteiger partial charge in [0.15, 0.2) is 5.13 Å². The minimum atomic E-state index is -0.618.